The fourth-order valence-electron chi connectivity index (χ4n) is 2.69. The Labute approximate surface area is 171 Å². The molecule has 148 valence electrons. The van der Waals surface area contributed by atoms with Gasteiger partial charge in [-0.3, -0.25) is 35.1 Å². The van der Waals surface area contributed by atoms with Crippen molar-refractivity contribution in [2.24, 2.45) is 4.99 Å². The van der Waals surface area contributed by atoms with Crippen LogP contribution in [-0.4, -0.2) is 25.8 Å². The molecule has 3 aromatic rings. The third-order valence-corrected chi connectivity index (χ3v) is 5.10. The Hall–Kier alpha value is -3.60. The number of nitro benzene ring substituents is 2. The Kier molecular flexibility index (Phi) is 5.41. The van der Waals surface area contributed by atoms with Crippen molar-refractivity contribution < 1.29 is 9.85 Å². The molecule has 1 N–H and O–H groups in total. The van der Waals surface area contributed by atoms with Crippen LogP contribution in [0.3, 0.4) is 0 Å². The lowest BCUT2D eigenvalue weighted by Crippen LogP contribution is -2.17. The van der Waals surface area contributed by atoms with Gasteiger partial charge in [-0.1, -0.05) is 15.9 Å². The summed E-state index contributed by atoms with van der Waals surface area (Å²) < 4.78 is 2.29. The summed E-state index contributed by atoms with van der Waals surface area (Å²) in [4.78, 5) is 37.1. The number of hydrogen-bond acceptors (Lipinski definition) is 6. The molecule has 0 radical (unpaired) electrons. The molecular weight excluding hydrogens is 446 g/mol. The third kappa shape index (κ3) is 3.99. The smallest absolute Gasteiger partial charge is 0.295 e. The number of halogens is 1. The number of aliphatic imine (C=N–C) groups is 1. The maximum Gasteiger partial charge on any atom is 0.348 e. The van der Waals surface area contributed by atoms with E-state index < -0.39 is 21.2 Å². The molecule has 0 fully saturated rings. The number of aromatic nitrogens is 2. The third-order valence-electron chi connectivity index (χ3n) is 4.21. The van der Waals surface area contributed by atoms with Gasteiger partial charge in [0.15, 0.2) is 0 Å². The number of nitro groups is 2. The zero-order valence-electron chi connectivity index (χ0n) is 15.2. The molecule has 0 aliphatic rings. The van der Waals surface area contributed by atoms with Crippen LogP contribution in [0.5, 0.6) is 0 Å². The molecule has 0 aliphatic heterocycles. The predicted molar refractivity (Wildman–Crippen MR) is 111 cm³/mol. The summed E-state index contributed by atoms with van der Waals surface area (Å²) in [7, 11) is 0. The highest BCUT2D eigenvalue weighted by atomic mass is 79.9. The van der Waals surface area contributed by atoms with Crippen LogP contribution in [0.1, 0.15) is 16.8 Å². The Bertz CT molecular complexity index is 1230. The number of rotatable bonds is 5. The van der Waals surface area contributed by atoms with Crippen molar-refractivity contribution >= 4 is 39.2 Å². The molecule has 1 heterocycles. The van der Waals surface area contributed by atoms with Gasteiger partial charge in [0.1, 0.15) is 0 Å². The van der Waals surface area contributed by atoms with Crippen LogP contribution in [-0.2, 0) is 0 Å². The van der Waals surface area contributed by atoms with Gasteiger partial charge in [-0.2, -0.15) is 0 Å². The van der Waals surface area contributed by atoms with Crippen molar-refractivity contribution in [3.05, 3.63) is 88.3 Å². The summed E-state index contributed by atoms with van der Waals surface area (Å²) in [5.74, 6) is 0. The van der Waals surface area contributed by atoms with E-state index in [1.54, 1.807) is 13.0 Å². The van der Waals surface area contributed by atoms with E-state index in [9.17, 15) is 25.0 Å². The molecule has 0 aliphatic carbocycles. The number of aryl methyl sites for hydroxylation is 2. The van der Waals surface area contributed by atoms with Crippen molar-refractivity contribution in [3.63, 3.8) is 0 Å². The van der Waals surface area contributed by atoms with Gasteiger partial charge < -0.3 is 0 Å². The van der Waals surface area contributed by atoms with Crippen LogP contribution < -0.4 is 5.56 Å². The van der Waals surface area contributed by atoms with E-state index in [2.05, 4.69) is 26.0 Å². The summed E-state index contributed by atoms with van der Waals surface area (Å²) in [5, 5.41) is 24.9. The number of H-pyrrole nitrogens is 1. The van der Waals surface area contributed by atoms with Gasteiger partial charge in [-0.05, 0) is 43.7 Å². The number of benzene rings is 2. The SMILES string of the molecule is Cc1cc(-n2[nH]c(C)c(C=Nc3ccc([N+](=O)[O-])c([N+](=O)[O-])c3)c2=O)ccc1Br. The average Bonchev–Trinajstić information content (AvgIpc) is 2.95. The summed E-state index contributed by atoms with van der Waals surface area (Å²) in [5.41, 5.74) is 0.900. The molecule has 0 spiro atoms. The first kappa shape index (κ1) is 20.1. The maximum absolute atomic E-state index is 12.8. The standard InChI is InChI=1S/C18H14BrN5O5/c1-10-7-13(4-5-15(10)19)22-18(25)14(11(2)21-22)9-20-12-3-6-16(23(26)27)17(8-12)24(28)29/h3-9,21H,1-2H3. The minimum absolute atomic E-state index is 0.119. The molecule has 3 rings (SSSR count). The largest absolute Gasteiger partial charge is 0.348 e. The normalized spacial score (nSPS) is 11.1. The molecule has 2 aromatic carbocycles. The van der Waals surface area contributed by atoms with Crippen molar-refractivity contribution in [1.29, 1.82) is 0 Å². The van der Waals surface area contributed by atoms with Gasteiger partial charge in [0, 0.05) is 28.5 Å². The van der Waals surface area contributed by atoms with E-state index in [0.717, 1.165) is 22.2 Å². The number of nitrogens with one attached hydrogen (secondary N) is 1. The fourth-order valence-corrected chi connectivity index (χ4v) is 2.94. The van der Waals surface area contributed by atoms with E-state index in [-0.39, 0.29) is 16.8 Å². The fraction of sp³-hybridized carbons (Fsp3) is 0.111. The number of aromatic amines is 1. The highest BCUT2D eigenvalue weighted by Crippen LogP contribution is 2.30. The summed E-state index contributed by atoms with van der Waals surface area (Å²) in [6.45, 7) is 3.60. The van der Waals surface area contributed by atoms with Crippen molar-refractivity contribution in [2.75, 3.05) is 0 Å². The Balaban J connectivity index is 2.00. The van der Waals surface area contributed by atoms with E-state index in [4.69, 9.17) is 0 Å². The van der Waals surface area contributed by atoms with Gasteiger partial charge in [0.25, 0.3) is 5.56 Å². The molecule has 1 aromatic heterocycles. The number of nitrogens with zero attached hydrogens (tertiary/aromatic N) is 4. The summed E-state index contributed by atoms with van der Waals surface area (Å²) >= 11 is 3.41. The second-order valence-electron chi connectivity index (χ2n) is 6.17. The van der Waals surface area contributed by atoms with E-state index in [1.165, 1.54) is 17.0 Å². The molecule has 29 heavy (non-hydrogen) atoms. The monoisotopic (exact) mass is 459 g/mol. The average molecular weight is 460 g/mol. The Morgan fingerprint density at radius 3 is 2.38 bits per heavy atom. The van der Waals surface area contributed by atoms with Crippen LogP contribution in [0.2, 0.25) is 0 Å². The van der Waals surface area contributed by atoms with Gasteiger partial charge in [-0.25, -0.2) is 4.68 Å². The van der Waals surface area contributed by atoms with E-state index in [1.807, 2.05) is 19.1 Å². The molecule has 0 amide bonds. The lowest BCUT2D eigenvalue weighted by molar-refractivity contribution is -0.422. The van der Waals surface area contributed by atoms with Crippen molar-refractivity contribution in [1.82, 2.24) is 9.78 Å². The Morgan fingerprint density at radius 2 is 1.76 bits per heavy atom. The lowest BCUT2D eigenvalue weighted by atomic mass is 10.2. The predicted octanol–water partition coefficient (Wildman–Crippen LogP) is 4.11. The van der Waals surface area contributed by atoms with Crippen LogP contribution in [0, 0.1) is 34.1 Å². The van der Waals surface area contributed by atoms with Gasteiger partial charge in [0.05, 0.1) is 26.8 Å². The first-order valence-corrected chi connectivity index (χ1v) is 9.03. The minimum atomic E-state index is -0.846. The van der Waals surface area contributed by atoms with Crippen LogP contribution in [0.25, 0.3) is 5.69 Å². The quantitative estimate of drug-likeness (QED) is 0.347. The van der Waals surface area contributed by atoms with Crippen LogP contribution in [0.15, 0.2) is 50.7 Å². The molecule has 11 heteroatoms. The molecular formula is C18H14BrN5O5. The lowest BCUT2D eigenvalue weighted by Gasteiger charge is -2.04. The van der Waals surface area contributed by atoms with Gasteiger partial charge >= 0.3 is 11.4 Å². The zero-order valence-corrected chi connectivity index (χ0v) is 16.8. The van der Waals surface area contributed by atoms with Gasteiger partial charge in [0.2, 0.25) is 0 Å². The van der Waals surface area contributed by atoms with Crippen LogP contribution >= 0.6 is 15.9 Å². The molecule has 10 nitrogen and oxygen atoms in total. The van der Waals surface area contributed by atoms with Crippen LogP contribution in [0.4, 0.5) is 17.1 Å². The topological polar surface area (TPSA) is 136 Å². The van der Waals surface area contributed by atoms with Gasteiger partial charge in [-0.15, -0.1) is 0 Å². The number of hydrogen-bond donors (Lipinski definition) is 1. The van der Waals surface area contributed by atoms with Crippen molar-refractivity contribution in [2.45, 2.75) is 13.8 Å². The first-order valence-electron chi connectivity index (χ1n) is 8.24. The molecule has 0 atom stereocenters. The zero-order chi connectivity index (χ0) is 21.3. The highest BCUT2D eigenvalue weighted by molar-refractivity contribution is 9.10. The second kappa shape index (κ2) is 7.80. The first-order chi connectivity index (χ1) is 13.7. The molecule has 0 unspecified atom stereocenters. The second-order valence-corrected chi connectivity index (χ2v) is 7.02. The summed E-state index contributed by atoms with van der Waals surface area (Å²) in [6.07, 6.45) is 1.28. The molecule has 0 bridgehead atoms. The van der Waals surface area contributed by atoms with E-state index >= 15 is 0 Å². The maximum atomic E-state index is 12.8. The highest BCUT2D eigenvalue weighted by Gasteiger charge is 2.24. The van der Waals surface area contributed by atoms with Crippen molar-refractivity contribution in [3.8, 4) is 5.69 Å². The molecule has 0 saturated carbocycles. The minimum Gasteiger partial charge on any atom is -0.295 e. The Morgan fingerprint density at radius 1 is 1.07 bits per heavy atom. The molecule has 0 saturated heterocycles. The summed E-state index contributed by atoms with van der Waals surface area (Å²) in [6, 6.07) is 8.72. The van der Waals surface area contributed by atoms with E-state index in [0.29, 0.717) is 11.4 Å².